The highest BCUT2D eigenvalue weighted by Gasteiger charge is 2.35. The molecule has 2 atom stereocenters. The number of nitrogens with zero attached hydrogens (tertiary/aromatic N) is 1. The largest absolute Gasteiger partial charge is 0.444 e. The molecule has 2 unspecified atom stereocenters. The standard InChI is InChI=1S/C27H35ClN4O5/c1-7-17-11-13-18(14-12-17)23(24(34)31-22-16(2)9-8-10-19(22)28)32(6)25(35)20(15-21(29)33)30-26(36)37-27(3,4)5/h8-14,20,23H,7,15H2,1-6H3,(H2,29,33)(H,30,36)(H,31,34). The molecular formula is C27H35ClN4O5. The first-order valence-corrected chi connectivity index (χ1v) is 12.3. The van der Waals surface area contributed by atoms with Crippen LogP contribution >= 0.6 is 11.6 Å². The molecule has 4 N–H and O–H groups in total. The summed E-state index contributed by atoms with van der Waals surface area (Å²) in [6, 6.07) is 10.0. The third-order valence-electron chi connectivity index (χ3n) is 5.55. The molecule has 2 aromatic rings. The first kappa shape index (κ1) is 29.6. The van der Waals surface area contributed by atoms with Crippen molar-refractivity contribution in [3.8, 4) is 0 Å². The molecule has 2 aromatic carbocycles. The Labute approximate surface area is 222 Å². The van der Waals surface area contributed by atoms with Crippen LogP contribution in [0.2, 0.25) is 5.02 Å². The highest BCUT2D eigenvalue weighted by Crippen LogP contribution is 2.29. The summed E-state index contributed by atoms with van der Waals surface area (Å²) >= 11 is 6.32. The average Bonchev–Trinajstić information content (AvgIpc) is 2.79. The monoisotopic (exact) mass is 530 g/mol. The van der Waals surface area contributed by atoms with Gasteiger partial charge in [-0.05, 0) is 56.9 Å². The van der Waals surface area contributed by atoms with Crippen LogP contribution in [-0.4, -0.2) is 47.4 Å². The van der Waals surface area contributed by atoms with Gasteiger partial charge < -0.3 is 26.0 Å². The van der Waals surface area contributed by atoms with Crippen molar-refractivity contribution in [2.24, 2.45) is 5.73 Å². The molecule has 2 rings (SSSR count). The minimum atomic E-state index is -1.34. The van der Waals surface area contributed by atoms with E-state index in [1.165, 1.54) is 11.9 Å². The Morgan fingerprint density at radius 3 is 2.22 bits per heavy atom. The zero-order chi connectivity index (χ0) is 27.9. The molecule has 9 nitrogen and oxygen atoms in total. The van der Waals surface area contributed by atoms with E-state index in [0.717, 1.165) is 17.5 Å². The average molecular weight is 531 g/mol. The number of likely N-dealkylation sites (N-methyl/N-ethyl adjacent to an activating group) is 1. The van der Waals surface area contributed by atoms with Crippen molar-refractivity contribution in [1.29, 1.82) is 0 Å². The van der Waals surface area contributed by atoms with Crippen LogP contribution in [0.5, 0.6) is 0 Å². The lowest BCUT2D eigenvalue weighted by Crippen LogP contribution is -2.52. The molecule has 0 aromatic heterocycles. The van der Waals surface area contributed by atoms with E-state index in [4.69, 9.17) is 22.1 Å². The summed E-state index contributed by atoms with van der Waals surface area (Å²) < 4.78 is 5.24. The number of carbonyl (C=O) groups excluding carboxylic acids is 4. The molecule has 0 saturated heterocycles. The Morgan fingerprint density at radius 1 is 1.08 bits per heavy atom. The van der Waals surface area contributed by atoms with E-state index in [0.29, 0.717) is 16.3 Å². The van der Waals surface area contributed by atoms with Crippen LogP contribution in [0.4, 0.5) is 10.5 Å². The molecule has 0 radical (unpaired) electrons. The molecule has 0 aliphatic heterocycles. The third-order valence-corrected chi connectivity index (χ3v) is 5.87. The summed E-state index contributed by atoms with van der Waals surface area (Å²) in [5.41, 5.74) is 7.28. The van der Waals surface area contributed by atoms with E-state index < -0.39 is 47.9 Å². The van der Waals surface area contributed by atoms with Crippen LogP contribution in [0.25, 0.3) is 0 Å². The van der Waals surface area contributed by atoms with Gasteiger partial charge in [-0.3, -0.25) is 14.4 Å². The maximum atomic E-state index is 13.6. The minimum Gasteiger partial charge on any atom is -0.444 e. The fraction of sp³-hybridized carbons (Fsp3) is 0.407. The van der Waals surface area contributed by atoms with E-state index in [1.54, 1.807) is 58.0 Å². The Morgan fingerprint density at radius 2 is 1.70 bits per heavy atom. The van der Waals surface area contributed by atoms with E-state index >= 15 is 0 Å². The van der Waals surface area contributed by atoms with Gasteiger partial charge in [0.2, 0.25) is 11.8 Å². The summed E-state index contributed by atoms with van der Waals surface area (Å²) in [5.74, 6) is -2.02. The van der Waals surface area contributed by atoms with Crippen molar-refractivity contribution in [3.05, 3.63) is 64.2 Å². The zero-order valence-corrected chi connectivity index (χ0v) is 22.8. The molecular weight excluding hydrogens is 496 g/mol. The number of amides is 4. The lowest BCUT2D eigenvalue weighted by Gasteiger charge is -2.31. The number of hydrogen-bond acceptors (Lipinski definition) is 5. The van der Waals surface area contributed by atoms with Crippen molar-refractivity contribution < 1.29 is 23.9 Å². The normalized spacial score (nSPS) is 12.7. The first-order chi connectivity index (χ1) is 17.2. The van der Waals surface area contributed by atoms with Gasteiger partial charge in [-0.15, -0.1) is 0 Å². The predicted octanol–water partition coefficient (Wildman–Crippen LogP) is 4.12. The number of nitrogens with one attached hydrogen (secondary N) is 2. The molecule has 0 heterocycles. The number of primary amides is 1. The van der Waals surface area contributed by atoms with Crippen molar-refractivity contribution >= 4 is 41.1 Å². The molecule has 0 fully saturated rings. The number of carbonyl (C=O) groups is 4. The van der Waals surface area contributed by atoms with E-state index in [9.17, 15) is 19.2 Å². The SMILES string of the molecule is CCc1ccc(C(C(=O)Nc2c(C)cccc2Cl)N(C)C(=O)C(CC(N)=O)NC(=O)OC(C)(C)C)cc1. The lowest BCUT2D eigenvalue weighted by molar-refractivity contribution is -0.140. The lowest BCUT2D eigenvalue weighted by atomic mass is 10.0. The number of para-hydroxylation sites is 1. The molecule has 200 valence electrons. The Hall–Kier alpha value is -3.59. The smallest absolute Gasteiger partial charge is 0.408 e. The molecule has 37 heavy (non-hydrogen) atoms. The summed E-state index contributed by atoms with van der Waals surface area (Å²) in [4.78, 5) is 52.4. The number of alkyl carbamates (subject to hydrolysis) is 1. The second-order valence-electron chi connectivity index (χ2n) is 9.74. The van der Waals surface area contributed by atoms with E-state index in [-0.39, 0.29) is 0 Å². The Balaban J connectivity index is 2.44. The van der Waals surface area contributed by atoms with Crippen LogP contribution in [0.15, 0.2) is 42.5 Å². The van der Waals surface area contributed by atoms with Gasteiger partial charge in [-0.25, -0.2) is 4.79 Å². The summed E-state index contributed by atoms with van der Waals surface area (Å²) in [6.45, 7) is 8.81. The summed E-state index contributed by atoms with van der Waals surface area (Å²) in [5, 5.41) is 5.58. The number of nitrogens with two attached hydrogens (primary N) is 1. The molecule has 10 heteroatoms. The summed E-state index contributed by atoms with van der Waals surface area (Å²) in [7, 11) is 1.42. The Bertz CT molecular complexity index is 1120. The Kier molecular flexibility index (Phi) is 10.1. The van der Waals surface area contributed by atoms with Gasteiger partial charge in [-0.2, -0.15) is 0 Å². The number of ether oxygens (including phenoxy) is 1. The second kappa shape index (κ2) is 12.6. The third kappa shape index (κ3) is 8.49. The maximum absolute atomic E-state index is 13.6. The van der Waals surface area contributed by atoms with Gasteiger partial charge in [0.15, 0.2) is 0 Å². The highest BCUT2D eigenvalue weighted by molar-refractivity contribution is 6.34. The number of aryl methyl sites for hydroxylation is 2. The number of halogens is 1. The number of anilines is 1. The maximum Gasteiger partial charge on any atom is 0.408 e. The van der Waals surface area contributed by atoms with E-state index in [2.05, 4.69) is 10.6 Å². The van der Waals surface area contributed by atoms with Crippen molar-refractivity contribution in [3.63, 3.8) is 0 Å². The van der Waals surface area contributed by atoms with Crippen LogP contribution in [0.3, 0.4) is 0 Å². The van der Waals surface area contributed by atoms with Crippen LogP contribution in [-0.2, 0) is 25.5 Å². The topological polar surface area (TPSA) is 131 Å². The second-order valence-corrected chi connectivity index (χ2v) is 10.1. The minimum absolute atomic E-state index is 0.348. The number of rotatable bonds is 9. The molecule has 0 aliphatic rings. The van der Waals surface area contributed by atoms with Gasteiger partial charge in [0.1, 0.15) is 17.7 Å². The molecule has 0 spiro atoms. The number of hydrogen-bond donors (Lipinski definition) is 3. The predicted molar refractivity (Wildman–Crippen MR) is 143 cm³/mol. The van der Waals surface area contributed by atoms with Crippen molar-refractivity contribution in [1.82, 2.24) is 10.2 Å². The highest BCUT2D eigenvalue weighted by atomic mass is 35.5. The first-order valence-electron chi connectivity index (χ1n) is 11.9. The van der Waals surface area contributed by atoms with E-state index in [1.807, 2.05) is 19.1 Å². The number of benzene rings is 2. The van der Waals surface area contributed by atoms with Crippen molar-refractivity contribution in [2.45, 2.75) is 65.1 Å². The van der Waals surface area contributed by atoms with Gasteiger partial charge in [0.25, 0.3) is 5.91 Å². The zero-order valence-electron chi connectivity index (χ0n) is 22.1. The van der Waals surface area contributed by atoms with Crippen LogP contribution in [0, 0.1) is 6.92 Å². The molecule has 4 amide bonds. The summed E-state index contributed by atoms with van der Waals surface area (Å²) in [6.07, 6.45) is -0.569. The fourth-order valence-electron chi connectivity index (χ4n) is 3.69. The van der Waals surface area contributed by atoms with Crippen LogP contribution in [0.1, 0.15) is 56.8 Å². The molecule has 0 saturated carbocycles. The van der Waals surface area contributed by atoms with Crippen LogP contribution < -0.4 is 16.4 Å². The quantitative estimate of drug-likeness (QED) is 0.449. The van der Waals surface area contributed by atoms with Gasteiger partial charge in [0.05, 0.1) is 17.1 Å². The van der Waals surface area contributed by atoms with Gasteiger partial charge in [0, 0.05) is 7.05 Å². The van der Waals surface area contributed by atoms with Crippen molar-refractivity contribution in [2.75, 3.05) is 12.4 Å². The fourth-order valence-corrected chi connectivity index (χ4v) is 3.96. The van der Waals surface area contributed by atoms with Gasteiger partial charge in [-0.1, -0.05) is 54.9 Å². The van der Waals surface area contributed by atoms with Gasteiger partial charge >= 0.3 is 6.09 Å². The molecule has 0 bridgehead atoms. The molecule has 0 aliphatic carbocycles.